The van der Waals surface area contributed by atoms with Crippen LogP contribution in [0.15, 0.2) is 47.3 Å². The normalized spacial score (nSPS) is 16.0. The molecule has 5 rings (SSSR count). The number of hydrogen-bond acceptors (Lipinski definition) is 7. The van der Waals surface area contributed by atoms with E-state index in [1.807, 2.05) is 43.3 Å². The van der Waals surface area contributed by atoms with Crippen LogP contribution in [0, 0.1) is 13.8 Å². The van der Waals surface area contributed by atoms with Crippen LogP contribution in [0.1, 0.15) is 34.1 Å². The van der Waals surface area contributed by atoms with Crippen LogP contribution >= 0.6 is 0 Å². The molecule has 0 bridgehead atoms. The maximum atomic E-state index is 13.5. The van der Waals surface area contributed by atoms with Crippen molar-refractivity contribution in [2.75, 3.05) is 40.3 Å². The van der Waals surface area contributed by atoms with Gasteiger partial charge in [0.2, 0.25) is 0 Å². The zero-order valence-corrected chi connectivity index (χ0v) is 20.7. The Labute approximate surface area is 204 Å². The highest BCUT2D eigenvalue weighted by Gasteiger charge is 2.32. The summed E-state index contributed by atoms with van der Waals surface area (Å²) in [5.41, 5.74) is 4.72. The van der Waals surface area contributed by atoms with Crippen molar-refractivity contribution in [1.82, 2.24) is 35.0 Å². The SMILES string of the molecule is COc1ccc(Cn2nnnc2C(c2cc3c(C)cc(C)cc3[nH]c2=O)N2CCN(C)CC2)cc1. The first-order chi connectivity index (χ1) is 16.9. The van der Waals surface area contributed by atoms with Crippen LogP contribution in [0.5, 0.6) is 5.75 Å². The molecule has 9 heteroatoms. The summed E-state index contributed by atoms with van der Waals surface area (Å²) in [6.07, 6.45) is 0. The van der Waals surface area contributed by atoms with Gasteiger partial charge < -0.3 is 14.6 Å². The molecule has 182 valence electrons. The molecule has 0 amide bonds. The Balaban J connectivity index is 1.60. The molecule has 3 heterocycles. The Hall–Kier alpha value is -3.56. The van der Waals surface area contributed by atoms with E-state index < -0.39 is 0 Å². The second-order valence-electron chi connectivity index (χ2n) is 9.38. The number of H-pyrrole nitrogens is 1. The highest BCUT2D eigenvalue weighted by Crippen LogP contribution is 2.29. The summed E-state index contributed by atoms with van der Waals surface area (Å²) >= 11 is 0. The number of nitrogens with zero attached hydrogens (tertiary/aromatic N) is 6. The van der Waals surface area contributed by atoms with Crippen molar-refractivity contribution in [2.45, 2.75) is 26.4 Å². The second kappa shape index (κ2) is 9.59. The van der Waals surface area contributed by atoms with Gasteiger partial charge in [0.15, 0.2) is 5.82 Å². The number of fused-ring (bicyclic) bond motifs is 1. The first kappa shape index (κ1) is 23.2. The number of tetrazole rings is 1. The lowest BCUT2D eigenvalue weighted by Gasteiger charge is -2.37. The van der Waals surface area contributed by atoms with Gasteiger partial charge in [-0.1, -0.05) is 18.2 Å². The predicted octanol–water partition coefficient (Wildman–Crippen LogP) is 2.53. The molecular weight excluding hydrogens is 442 g/mol. The minimum absolute atomic E-state index is 0.106. The van der Waals surface area contributed by atoms with Crippen molar-refractivity contribution < 1.29 is 4.74 Å². The largest absolute Gasteiger partial charge is 0.497 e. The van der Waals surface area contributed by atoms with Crippen LogP contribution in [-0.4, -0.2) is 75.3 Å². The third-order valence-corrected chi connectivity index (χ3v) is 6.83. The van der Waals surface area contributed by atoms with Gasteiger partial charge in [0.1, 0.15) is 11.8 Å². The Morgan fingerprint density at radius 2 is 1.80 bits per heavy atom. The average molecular weight is 474 g/mol. The molecule has 1 unspecified atom stereocenters. The van der Waals surface area contributed by atoms with Gasteiger partial charge in [-0.15, -0.1) is 5.10 Å². The van der Waals surface area contributed by atoms with E-state index in [1.165, 1.54) is 0 Å². The first-order valence-electron chi connectivity index (χ1n) is 11.9. The lowest BCUT2D eigenvalue weighted by atomic mass is 9.99. The fourth-order valence-electron chi connectivity index (χ4n) is 4.90. The number of benzene rings is 2. The molecule has 4 aromatic rings. The molecule has 2 aromatic carbocycles. The van der Waals surface area contributed by atoms with Gasteiger partial charge in [0.25, 0.3) is 5.56 Å². The molecule has 9 nitrogen and oxygen atoms in total. The summed E-state index contributed by atoms with van der Waals surface area (Å²) in [7, 11) is 3.77. The van der Waals surface area contributed by atoms with Crippen LogP contribution in [0.3, 0.4) is 0 Å². The molecule has 1 aliphatic rings. The fourth-order valence-corrected chi connectivity index (χ4v) is 4.90. The minimum Gasteiger partial charge on any atom is -0.497 e. The molecule has 1 aliphatic heterocycles. The fraction of sp³-hybridized carbons (Fsp3) is 0.385. The topological polar surface area (TPSA) is 92.2 Å². The summed E-state index contributed by atoms with van der Waals surface area (Å²) in [6.45, 7) is 8.09. The summed E-state index contributed by atoms with van der Waals surface area (Å²) in [4.78, 5) is 21.2. The number of nitrogens with one attached hydrogen (secondary N) is 1. The number of piperazine rings is 1. The van der Waals surface area contributed by atoms with Crippen LogP contribution < -0.4 is 10.3 Å². The molecule has 1 atom stereocenters. The molecule has 0 spiro atoms. The van der Waals surface area contributed by atoms with Crippen LogP contribution in [0.25, 0.3) is 10.9 Å². The van der Waals surface area contributed by atoms with Gasteiger partial charge in [-0.3, -0.25) is 9.69 Å². The van der Waals surface area contributed by atoms with Gasteiger partial charge in [-0.05, 0) is 72.3 Å². The van der Waals surface area contributed by atoms with E-state index >= 15 is 0 Å². The van der Waals surface area contributed by atoms with Crippen molar-refractivity contribution in [2.24, 2.45) is 0 Å². The Morgan fingerprint density at radius 1 is 1.06 bits per heavy atom. The van der Waals surface area contributed by atoms with E-state index in [0.29, 0.717) is 17.9 Å². The van der Waals surface area contributed by atoms with E-state index in [2.05, 4.69) is 50.3 Å². The number of aromatic amines is 1. The number of aromatic nitrogens is 5. The van der Waals surface area contributed by atoms with Gasteiger partial charge in [-0.2, -0.15) is 0 Å². The molecule has 0 radical (unpaired) electrons. The smallest absolute Gasteiger partial charge is 0.253 e. The predicted molar refractivity (Wildman–Crippen MR) is 135 cm³/mol. The van der Waals surface area contributed by atoms with Gasteiger partial charge in [0, 0.05) is 42.6 Å². The third kappa shape index (κ3) is 4.69. The molecule has 0 saturated carbocycles. The van der Waals surface area contributed by atoms with Crippen molar-refractivity contribution in [1.29, 1.82) is 0 Å². The lowest BCUT2D eigenvalue weighted by Crippen LogP contribution is -2.47. The molecular formula is C26H31N7O2. The molecule has 1 fully saturated rings. The zero-order valence-electron chi connectivity index (χ0n) is 20.7. The minimum atomic E-state index is -0.356. The summed E-state index contributed by atoms with van der Waals surface area (Å²) in [5.74, 6) is 1.47. The Bertz CT molecular complexity index is 1390. The van der Waals surface area contributed by atoms with E-state index in [4.69, 9.17) is 4.74 Å². The van der Waals surface area contributed by atoms with E-state index in [0.717, 1.165) is 59.5 Å². The highest BCUT2D eigenvalue weighted by atomic mass is 16.5. The Kier molecular flexibility index (Phi) is 6.36. The molecule has 1 saturated heterocycles. The number of methoxy groups -OCH3 is 1. The summed E-state index contributed by atoms with van der Waals surface area (Å²) in [5, 5.41) is 13.8. The Morgan fingerprint density at radius 3 is 2.51 bits per heavy atom. The third-order valence-electron chi connectivity index (χ3n) is 6.83. The van der Waals surface area contributed by atoms with Crippen molar-refractivity contribution in [3.63, 3.8) is 0 Å². The first-order valence-corrected chi connectivity index (χ1v) is 11.9. The quantitative estimate of drug-likeness (QED) is 0.460. The zero-order chi connectivity index (χ0) is 24.5. The maximum Gasteiger partial charge on any atom is 0.253 e. The van der Waals surface area contributed by atoms with E-state index in [-0.39, 0.29) is 11.6 Å². The number of aryl methyl sites for hydroxylation is 2. The molecule has 35 heavy (non-hydrogen) atoms. The van der Waals surface area contributed by atoms with Crippen molar-refractivity contribution in [3.8, 4) is 5.75 Å². The number of likely N-dealkylation sites (N-methyl/N-ethyl adjacent to an activating group) is 1. The lowest BCUT2D eigenvalue weighted by molar-refractivity contribution is 0.121. The number of hydrogen-bond donors (Lipinski definition) is 1. The second-order valence-corrected chi connectivity index (χ2v) is 9.38. The standard InChI is InChI=1S/C26H31N7O2/c1-17-13-18(2)21-15-22(26(34)27-23(21)14-17)24(32-11-9-31(3)10-12-32)25-28-29-30-33(25)16-19-5-7-20(35-4)8-6-19/h5-8,13-15,24H,9-12,16H2,1-4H3,(H,27,34). The van der Waals surface area contributed by atoms with Gasteiger partial charge in [-0.25, -0.2) is 4.68 Å². The number of ether oxygens (including phenoxy) is 1. The van der Waals surface area contributed by atoms with E-state index in [9.17, 15) is 4.79 Å². The molecule has 0 aliphatic carbocycles. The van der Waals surface area contributed by atoms with Crippen LogP contribution in [0.4, 0.5) is 0 Å². The number of rotatable bonds is 6. The van der Waals surface area contributed by atoms with Crippen LogP contribution in [0.2, 0.25) is 0 Å². The van der Waals surface area contributed by atoms with Crippen LogP contribution in [-0.2, 0) is 6.54 Å². The van der Waals surface area contributed by atoms with Gasteiger partial charge in [0.05, 0.1) is 13.7 Å². The van der Waals surface area contributed by atoms with E-state index in [1.54, 1.807) is 11.8 Å². The van der Waals surface area contributed by atoms with Gasteiger partial charge >= 0.3 is 0 Å². The average Bonchev–Trinajstić information content (AvgIpc) is 3.29. The maximum absolute atomic E-state index is 13.5. The van der Waals surface area contributed by atoms with Crippen molar-refractivity contribution >= 4 is 10.9 Å². The molecule has 2 aromatic heterocycles. The monoisotopic (exact) mass is 473 g/mol. The van der Waals surface area contributed by atoms with Crippen molar-refractivity contribution in [3.05, 3.63) is 80.9 Å². The summed E-state index contributed by atoms with van der Waals surface area (Å²) in [6, 6.07) is 13.7. The number of pyridine rings is 1. The summed E-state index contributed by atoms with van der Waals surface area (Å²) < 4.78 is 7.08. The molecule has 1 N–H and O–H groups in total. The highest BCUT2D eigenvalue weighted by molar-refractivity contribution is 5.83.